The highest BCUT2D eigenvalue weighted by Crippen LogP contribution is 2.39. The molecule has 1 aliphatic carbocycles. The summed E-state index contributed by atoms with van der Waals surface area (Å²) in [5, 5.41) is 12.5. The number of hydrogen-bond donors (Lipinski definition) is 3. The van der Waals surface area contributed by atoms with E-state index in [0.29, 0.717) is 12.3 Å². The van der Waals surface area contributed by atoms with Crippen LogP contribution in [0.25, 0.3) is 0 Å². The van der Waals surface area contributed by atoms with E-state index in [1.807, 2.05) is 19.1 Å². The van der Waals surface area contributed by atoms with Crippen molar-refractivity contribution in [2.75, 3.05) is 24.3 Å². The second-order valence-corrected chi connectivity index (χ2v) is 4.29. The second-order valence-electron chi connectivity index (χ2n) is 4.29. The molecule has 4 N–H and O–H groups in total. The van der Waals surface area contributed by atoms with E-state index in [1.54, 1.807) is 6.07 Å². The van der Waals surface area contributed by atoms with E-state index in [9.17, 15) is 5.11 Å². The average Bonchev–Trinajstić information content (AvgIpc) is 2.98. The van der Waals surface area contributed by atoms with Gasteiger partial charge in [0.2, 0.25) is 0 Å². The van der Waals surface area contributed by atoms with Crippen molar-refractivity contribution in [2.24, 2.45) is 0 Å². The summed E-state index contributed by atoms with van der Waals surface area (Å²) in [6.45, 7) is 2.71. The predicted octanol–water partition coefficient (Wildman–Crippen LogP) is 1.60. The molecule has 0 atom stereocenters. The van der Waals surface area contributed by atoms with Gasteiger partial charge in [-0.25, -0.2) is 0 Å². The Morgan fingerprint density at radius 2 is 2.19 bits per heavy atom. The van der Waals surface area contributed by atoms with E-state index in [0.717, 1.165) is 24.3 Å². The summed E-state index contributed by atoms with van der Waals surface area (Å²) in [6, 6.07) is 5.57. The normalized spacial score (nSPS) is 16.9. The monoisotopic (exact) mass is 222 g/mol. The molecule has 4 nitrogen and oxygen atoms in total. The van der Waals surface area contributed by atoms with Crippen LogP contribution in [-0.2, 0) is 0 Å². The standard InChI is InChI=1S/C12H18N2O2/c1-2-16-11-6-9(13)5-10(7-11)14-12(8-15)3-4-12/h5-7,14-15H,2-4,8,13H2,1H3. The molecule has 1 aliphatic rings. The summed E-state index contributed by atoms with van der Waals surface area (Å²) in [4.78, 5) is 0. The van der Waals surface area contributed by atoms with Crippen LogP contribution in [0, 0.1) is 0 Å². The highest BCUT2D eigenvalue weighted by atomic mass is 16.5. The van der Waals surface area contributed by atoms with Crippen LogP contribution >= 0.6 is 0 Å². The van der Waals surface area contributed by atoms with Crippen LogP contribution in [-0.4, -0.2) is 23.9 Å². The van der Waals surface area contributed by atoms with E-state index in [-0.39, 0.29) is 12.1 Å². The van der Waals surface area contributed by atoms with E-state index in [2.05, 4.69) is 5.32 Å². The first-order chi connectivity index (χ1) is 7.67. The lowest BCUT2D eigenvalue weighted by molar-refractivity contribution is 0.266. The average molecular weight is 222 g/mol. The Balaban J connectivity index is 2.14. The van der Waals surface area contributed by atoms with E-state index >= 15 is 0 Å². The quantitative estimate of drug-likeness (QED) is 0.662. The molecule has 0 heterocycles. The lowest BCUT2D eigenvalue weighted by atomic mass is 10.2. The summed E-state index contributed by atoms with van der Waals surface area (Å²) < 4.78 is 5.41. The van der Waals surface area contributed by atoms with Crippen molar-refractivity contribution >= 4 is 11.4 Å². The minimum absolute atomic E-state index is 0.128. The third-order valence-corrected chi connectivity index (χ3v) is 2.81. The number of benzene rings is 1. The summed E-state index contributed by atoms with van der Waals surface area (Å²) in [7, 11) is 0. The van der Waals surface area contributed by atoms with E-state index < -0.39 is 0 Å². The molecule has 4 heteroatoms. The summed E-state index contributed by atoms with van der Waals surface area (Å²) in [5.41, 5.74) is 7.24. The molecule has 1 fully saturated rings. The molecule has 0 aliphatic heterocycles. The Hall–Kier alpha value is -1.42. The Kier molecular flexibility index (Phi) is 2.92. The lowest BCUT2D eigenvalue weighted by Gasteiger charge is -2.17. The van der Waals surface area contributed by atoms with Crippen molar-refractivity contribution in [3.05, 3.63) is 18.2 Å². The summed E-state index contributed by atoms with van der Waals surface area (Å²) in [6.07, 6.45) is 2.00. The first-order valence-corrected chi connectivity index (χ1v) is 5.60. The van der Waals surface area contributed by atoms with Crippen LogP contribution in [0.4, 0.5) is 11.4 Å². The van der Waals surface area contributed by atoms with Gasteiger partial charge in [-0.05, 0) is 25.8 Å². The Morgan fingerprint density at radius 3 is 2.75 bits per heavy atom. The number of rotatable bonds is 5. The number of aliphatic hydroxyl groups is 1. The van der Waals surface area contributed by atoms with E-state index in [4.69, 9.17) is 10.5 Å². The molecule has 0 unspecified atom stereocenters. The van der Waals surface area contributed by atoms with Gasteiger partial charge in [0.25, 0.3) is 0 Å². The molecular formula is C12H18N2O2. The lowest BCUT2D eigenvalue weighted by Crippen LogP contribution is -2.25. The topological polar surface area (TPSA) is 67.5 Å². The maximum Gasteiger partial charge on any atom is 0.123 e. The smallest absolute Gasteiger partial charge is 0.123 e. The first-order valence-electron chi connectivity index (χ1n) is 5.60. The molecule has 88 valence electrons. The molecule has 0 spiro atoms. The van der Waals surface area contributed by atoms with Gasteiger partial charge in [0.15, 0.2) is 0 Å². The molecule has 0 bridgehead atoms. The fourth-order valence-corrected chi connectivity index (χ4v) is 1.72. The first kappa shape index (κ1) is 11.1. The van der Waals surface area contributed by atoms with Crippen molar-refractivity contribution in [1.82, 2.24) is 0 Å². The molecule has 2 rings (SSSR count). The maximum atomic E-state index is 9.23. The van der Waals surface area contributed by atoms with E-state index in [1.165, 1.54) is 0 Å². The minimum Gasteiger partial charge on any atom is -0.494 e. The maximum absolute atomic E-state index is 9.23. The Bertz CT molecular complexity index is 375. The van der Waals surface area contributed by atoms with Gasteiger partial charge < -0.3 is 20.9 Å². The summed E-state index contributed by atoms with van der Waals surface area (Å²) in [5.74, 6) is 0.763. The van der Waals surface area contributed by atoms with Gasteiger partial charge in [-0.2, -0.15) is 0 Å². The zero-order valence-corrected chi connectivity index (χ0v) is 9.49. The molecular weight excluding hydrogens is 204 g/mol. The highest BCUT2D eigenvalue weighted by Gasteiger charge is 2.42. The zero-order valence-electron chi connectivity index (χ0n) is 9.49. The van der Waals surface area contributed by atoms with Crippen molar-refractivity contribution in [2.45, 2.75) is 25.3 Å². The molecule has 1 aromatic carbocycles. The number of aliphatic hydroxyl groups excluding tert-OH is 1. The Morgan fingerprint density at radius 1 is 1.44 bits per heavy atom. The van der Waals surface area contributed by atoms with Gasteiger partial charge in [-0.1, -0.05) is 0 Å². The van der Waals surface area contributed by atoms with Crippen LogP contribution in [0.5, 0.6) is 5.75 Å². The largest absolute Gasteiger partial charge is 0.494 e. The van der Waals surface area contributed by atoms with Crippen LogP contribution < -0.4 is 15.8 Å². The number of anilines is 2. The number of nitrogens with two attached hydrogens (primary N) is 1. The highest BCUT2D eigenvalue weighted by molar-refractivity contribution is 5.60. The van der Waals surface area contributed by atoms with Crippen LogP contribution in [0.2, 0.25) is 0 Å². The Labute approximate surface area is 95.4 Å². The van der Waals surface area contributed by atoms with Gasteiger partial charge in [0, 0.05) is 23.5 Å². The number of hydrogen-bond acceptors (Lipinski definition) is 4. The molecule has 1 saturated carbocycles. The summed E-state index contributed by atoms with van der Waals surface area (Å²) >= 11 is 0. The van der Waals surface area contributed by atoms with Gasteiger partial charge in [-0.15, -0.1) is 0 Å². The van der Waals surface area contributed by atoms with Crippen molar-refractivity contribution in [3.8, 4) is 5.75 Å². The molecule has 0 radical (unpaired) electrons. The molecule has 16 heavy (non-hydrogen) atoms. The SMILES string of the molecule is CCOc1cc(N)cc(NC2(CO)CC2)c1. The van der Waals surface area contributed by atoms with Gasteiger partial charge in [0.1, 0.15) is 5.75 Å². The third-order valence-electron chi connectivity index (χ3n) is 2.81. The van der Waals surface area contributed by atoms with Crippen molar-refractivity contribution in [3.63, 3.8) is 0 Å². The van der Waals surface area contributed by atoms with Crippen molar-refractivity contribution in [1.29, 1.82) is 0 Å². The number of nitrogens with one attached hydrogen (secondary N) is 1. The molecule has 0 amide bonds. The van der Waals surface area contributed by atoms with Gasteiger partial charge >= 0.3 is 0 Å². The van der Waals surface area contributed by atoms with Crippen LogP contribution in [0.3, 0.4) is 0 Å². The van der Waals surface area contributed by atoms with Crippen molar-refractivity contribution < 1.29 is 9.84 Å². The van der Waals surface area contributed by atoms with Gasteiger partial charge in [-0.3, -0.25) is 0 Å². The fraction of sp³-hybridized carbons (Fsp3) is 0.500. The minimum atomic E-state index is -0.128. The van der Waals surface area contributed by atoms with Gasteiger partial charge in [0.05, 0.1) is 18.8 Å². The number of nitrogen functional groups attached to an aromatic ring is 1. The predicted molar refractivity (Wildman–Crippen MR) is 64.7 cm³/mol. The molecule has 1 aromatic rings. The molecule has 0 saturated heterocycles. The fourth-order valence-electron chi connectivity index (χ4n) is 1.72. The zero-order chi connectivity index (χ0) is 11.6. The number of ether oxygens (including phenoxy) is 1. The second kappa shape index (κ2) is 4.22. The van der Waals surface area contributed by atoms with Crippen LogP contribution in [0.15, 0.2) is 18.2 Å². The third kappa shape index (κ3) is 2.39. The van der Waals surface area contributed by atoms with Crippen LogP contribution in [0.1, 0.15) is 19.8 Å². The molecule has 0 aromatic heterocycles.